The van der Waals surface area contributed by atoms with Gasteiger partial charge in [-0.15, -0.1) is 0 Å². The van der Waals surface area contributed by atoms with Crippen LogP contribution in [0.3, 0.4) is 0 Å². The molecule has 1 aliphatic rings. The SMILES string of the molecule is CNC(C(=O)N[C@H](C(=O)N(C)[C@H](CN1CCC[C@H]1C(=O)OC)C(C)C)C(C)(C)C)C(C)(C)c1ccccc1. The van der Waals surface area contributed by atoms with Crippen LogP contribution in [-0.4, -0.2) is 86.0 Å². The fourth-order valence-electron chi connectivity index (χ4n) is 5.56. The standard InChI is InChI=1S/C30H50N4O4/c1-20(2)23(19-34-18-14-17-22(34)28(37)38-10)33(9)27(36)25(29(3,4)5)32-26(35)24(31-8)30(6,7)21-15-12-11-13-16-21/h11-13,15-16,20,22-25,31H,14,17-19H2,1-10H3,(H,32,35)/t22-,23+,24?,25+/m0/s1. The van der Waals surface area contributed by atoms with Gasteiger partial charge in [0.15, 0.2) is 0 Å². The number of carbonyl (C=O) groups is 3. The molecule has 1 aromatic carbocycles. The first-order chi connectivity index (χ1) is 17.7. The van der Waals surface area contributed by atoms with E-state index in [0.29, 0.717) is 6.54 Å². The van der Waals surface area contributed by atoms with Gasteiger partial charge in [-0.25, -0.2) is 0 Å². The van der Waals surface area contributed by atoms with Crippen LogP contribution >= 0.6 is 0 Å². The van der Waals surface area contributed by atoms with E-state index in [1.165, 1.54) is 7.11 Å². The van der Waals surface area contributed by atoms with Crippen molar-refractivity contribution in [2.24, 2.45) is 11.3 Å². The molecule has 8 heteroatoms. The molecule has 1 saturated heterocycles. The second kappa shape index (κ2) is 13.1. The Kier molecular flexibility index (Phi) is 10.9. The van der Waals surface area contributed by atoms with Gasteiger partial charge < -0.3 is 20.3 Å². The van der Waals surface area contributed by atoms with Crippen LogP contribution in [-0.2, 0) is 24.5 Å². The van der Waals surface area contributed by atoms with E-state index in [-0.39, 0.29) is 35.8 Å². The zero-order valence-corrected chi connectivity index (χ0v) is 25.1. The van der Waals surface area contributed by atoms with Crippen molar-refractivity contribution in [3.63, 3.8) is 0 Å². The number of amides is 2. The molecule has 38 heavy (non-hydrogen) atoms. The van der Waals surface area contributed by atoms with Crippen molar-refractivity contribution in [2.45, 2.75) is 90.9 Å². The number of hydrogen-bond acceptors (Lipinski definition) is 6. The summed E-state index contributed by atoms with van der Waals surface area (Å²) in [5.74, 6) is -0.417. The minimum atomic E-state index is -0.723. The lowest BCUT2D eigenvalue weighted by Gasteiger charge is -2.41. The third-order valence-electron chi connectivity index (χ3n) is 8.06. The highest BCUT2D eigenvalue weighted by Gasteiger charge is 2.42. The summed E-state index contributed by atoms with van der Waals surface area (Å²) in [6.07, 6.45) is 1.68. The Labute approximate surface area is 229 Å². The maximum atomic E-state index is 14.0. The first kappa shape index (κ1) is 31.8. The van der Waals surface area contributed by atoms with E-state index >= 15 is 0 Å². The normalized spacial score (nSPS) is 19.1. The second-order valence-corrected chi connectivity index (χ2v) is 12.6. The van der Waals surface area contributed by atoms with Crippen LogP contribution < -0.4 is 10.6 Å². The molecule has 0 bridgehead atoms. The fraction of sp³-hybridized carbons (Fsp3) is 0.700. The van der Waals surface area contributed by atoms with Crippen molar-refractivity contribution in [3.05, 3.63) is 35.9 Å². The molecule has 0 aromatic heterocycles. The number of esters is 1. The smallest absolute Gasteiger partial charge is 0.323 e. The summed E-state index contributed by atoms with van der Waals surface area (Å²) in [6.45, 7) is 15.5. The van der Waals surface area contributed by atoms with Gasteiger partial charge in [-0.3, -0.25) is 19.3 Å². The van der Waals surface area contributed by atoms with Crippen molar-refractivity contribution < 1.29 is 19.1 Å². The molecular formula is C30H50N4O4. The Balaban J connectivity index is 2.28. The van der Waals surface area contributed by atoms with E-state index in [1.807, 2.05) is 72.0 Å². The van der Waals surface area contributed by atoms with Crippen molar-refractivity contribution in [1.82, 2.24) is 20.4 Å². The molecule has 0 saturated carbocycles. The third-order valence-corrected chi connectivity index (χ3v) is 8.06. The molecule has 1 heterocycles. The van der Waals surface area contributed by atoms with Gasteiger partial charge in [0.05, 0.1) is 13.2 Å². The topological polar surface area (TPSA) is 91.0 Å². The molecule has 214 valence electrons. The van der Waals surface area contributed by atoms with E-state index in [9.17, 15) is 14.4 Å². The Bertz CT molecular complexity index is 941. The highest BCUT2D eigenvalue weighted by atomic mass is 16.5. The average molecular weight is 531 g/mol. The number of nitrogens with one attached hydrogen (secondary N) is 2. The zero-order valence-electron chi connectivity index (χ0n) is 25.1. The maximum Gasteiger partial charge on any atom is 0.323 e. The summed E-state index contributed by atoms with van der Waals surface area (Å²) in [4.78, 5) is 44.0. The number of methoxy groups -OCH3 is 1. The Hall–Kier alpha value is -2.45. The minimum absolute atomic E-state index is 0.129. The van der Waals surface area contributed by atoms with Gasteiger partial charge in [0.25, 0.3) is 0 Å². The van der Waals surface area contributed by atoms with Crippen molar-refractivity contribution >= 4 is 17.8 Å². The molecule has 0 spiro atoms. The molecule has 1 aliphatic heterocycles. The molecule has 0 radical (unpaired) electrons. The maximum absolute atomic E-state index is 14.0. The zero-order chi connectivity index (χ0) is 28.8. The first-order valence-electron chi connectivity index (χ1n) is 13.8. The summed E-state index contributed by atoms with van der Waals surface area (Å²) >= 11 is 0. The number of rotatable bonds is 11. The number of ether oxygens (including phenoxy) is 1. The molecule has 2 N–H and O–H groups in total. The van der Waals surface area contributed by atoms with Gasteiger partial charge in [-0.1, -0.05) is 78.8 Å². The van der Waals surface area contributed by atoms with Gasteiger partial charge in [0.2, 0.25) is 11.8 Å². The molecular weight excluding hydrogens is 480 g/mol. The van der Waals surface area contributed by atoms with Crippen LogP contribution in [0.5, 0.6) is 0 Å². The van der Waals surface area contributed by atoms with E-state index in [4.69, 9.17) is 4.74 Å². The number of benzene rings is 1. The summed E-state index contributed by atoms with van der Waals surface area (Å²) in [7, 11) is 5.00. The number of hydrogen-bond donors (Lipinski definition) is 2. The molecule has 8 nitrogen and oxygen atoms in total. The number of likely N-dealkylation sites (tertiary alicyclic amines) is 1. The molecule has 1 aromatic rings. The first-order valence-corrected chi connectivity index (χ1v) is 13.8. The molecule has 2 rings (SSSR count). The van der Waals surface area contributed by atoms with E-state index in [1.54, 1.807) is 11.9 Å². The van der Waals surface area contributed by atoms with Gasteiger partial charge in [-0.05, 0) is 43.3 Å². The average Bonchev–Trinajstić information content (AvgIpc) is 3.32. The predicted molar refractivity (Wildman–Crippen MR) is 152 cm³/mol. The fourth-order valence-corrected chi connectivity index (χ4v) is 5.56. The molecule has 2 amide bonds. The highest BCUT2D eigenvalue weighted by molar-refractivity contribution is 5.91. The van der Waals surface area contributed by atoms with Crippen LogP contribution in [0, 0.1) is 11.3 Å². The van der Waals surface area contributed by atoms with E-state index in [2.05, 4.69) is 29.4 Å². The Morgan fingerprint density at radius 2 is 1.68 bits per heavy atom. The van der Waals surface area contributed by atoms with E-state index in [0.717, 1.165) is 24.9 Å². The Morgan fingerprint density at radius 1 is 1.08 bits per heavy atom. The van der Waals surface area contributed by atoms with Gasteiger partial charge in [0.1, 0.15) is 12.1 Å². The number of likely N-dealkylation sites (N-methyl/N-ethyl adjacent to an activating group) is 2. The van der Waals surface area contributed by atoms with Crippen LogP contribution in [0.4, 0.5) is 0 Å². The summed E-state index contributed by atoms with van der Waals surface area (Å²) in [5, 5.41) is 6.30. The monoisotopic (exact) mass is 530 g/mol. The van der Waals surface area contributed by atoms with Gasteiger partial charge >= 0.3 is 5.97 Å². The van der Waals surface area contributed by atoms with Crippen LogP contribution in [0.1, 0.15) is 66.9 Å². The molecule has 4 atom stereocenters. The third kappa shape index (κ3) is 7.35. The van der Waals surface area contributed by atoms with Crippen LogP contribution in [0.25, 0.3) is 0 Å². The summed E-state index contributed by atoms with van der Waals surface area (Å²) in [5.41, 5.74) is 0.0205. The quantitative estimate of drug-likeness (QED) is 0.427. The van der Waals surface area contributed by atoms with Crippen LogP contribution in [0.15, 0.2) is 30.3 Å². The molecule has 1 unspecified atom stereocenters. The van der Waals surface area contributed by atoms with Crippen molar-refractivity contribution in [3.8, 4) is 0 Å². The lowest BCUT2D eigenvalue weighted by Crippen LogP contribution is -2.62. The summed E-state index contributed by atoms with van der Waals surface area (Å²) < 4.78 is 5.02. The van der Waals surface area contributed by atoms with E-state index < -0.39 is 22.9 Å². The summed E-state index contributed by atoms with van der Waals surface area (Å²) in [6, 6.07) is 8.26. The van der Waals surface area contributed by atoms with Gasteiger partial charge in [0, 0.05) is 25.0 Å². The Morgan fingerprint density at radius 3 is 2.18 bits per heavy atom. The lowest BCUT2D eigenvalue weighted by atomic mass is 9.76. The van der Waals surface area contributed by atoms with Crippen molar-refractivity contribution in [1.29, 1.82) is 0 Å². The van der Waals surface area contributed by atoms with Gasteiger partial charge in [-0.2, -0.15) is 0 Å². The number of nitrogens with zero attached hydrogens (tertiary/aromatic N) is 2. The lowest BCUT2D eigenvalue weighted by molar-refractivity contribution is -0.146. The number of carbonyl (C=O) groups excluding carboxylic acids is 3. The molecule has 1 fully saturated rings. The minimum Gasteiger partial charge on any atom is -0.468 e. The highest BCUT2D eigenvalue weighted by Crippen LogP contribution is 2.29. The van der Waals surface area contributed by atoms with Crippen molar-refractivity contribution in [2.75, 3.05) is 34.3 Å². The molecule has 0 aliphatic carbocycles. The largest absolute Gasteiger partial charge is 0.468 e. The van der Waals surface area contributed by atoms with Crippen LogP contribution in [0.2, 0.25) is 0 Å². The predicted octanol–water partition coefficient (Wildman–Crippen LogP) is 3.20. The second-order valence-electron chi connectivity index (χ2n) is 12.6.